The zero-order chi connectivity index (χ0) is 20.1. The van der Waals surface area contributed by atoms with Crippen molar-refractivity contribution < 1.29 is 14.7 Å². The van der Waals surface area contributed by atoms with Crippen LogP contribution in [0.3, 0.4) is 0 Å². The summed E-state index contributed by atoms with van der Waals surface area (Å²) in [7, 11) is 0. The van der Waals surface area contributed by atoms with Crippen LogP contribution in [0.4, 0.5) is 4.79 Å². The Morgan fingerprint density at radius 1 is 1.39 bits per heavy atom. The van der Waals surface area contributed by atoms with Crippen LogP contribution in [0.1, 0.15) is 36.0 Å². The zero-order valence-electron chi connectivity index (χ0n) is 16.5. The minimum atomic E-state index is -0.776. The molecule has 0 spiro atoms. The number of amides is 2. The van der Waals surface area contributed by atoms with Crippen molar-refractivity contribution in [2.24, 2.45) is 16.8 Å². The monoisotopic (exact) mass is 383 g/mol. The number of aliphatic imine (C=N–C) groups is 1. The summed E-state index contributed by atoms with van der Waals surface area (Å²) in [4.78, 5) is 30.3. The smallest absolute Gasteiger partial charge is 0.317 e. The number of nitrogens with zero attached hydrogens (tertiary/aromatic N) is 2. The van der Waals surface area contributed by atoms with E-state index in [2.05, 4.69) is 37.0 Å². The third-order valence-corrected chi connectivity index (χ3v) is 5.73. The molecule has 0 bridgehead atoms. The van der Waals surface area contributed by atoms with E-state index in [1.807, 2.05) is 0 Å². The molecule has 6 nitrogen and oxygen atoms in total. The number of hydrogen-bond acceptors (Lipinski definition) is 3. The fourth-order valence-corrected chi connectivity index (χ4v) is 4.26. The highest BCUT2D eigenvalue weighted by Gasteiger charge is 2.34. The number of urea groups is 1. The number of carboxylic acid groups (broad SMARTS) is 1. The van der Waals surface area contributed by atoms with Gasteiger partial charge in [0.15, 0.2) is 0 Å². The molecule has 150 valence electrons. The molecule has 2 N–H and O–H groups in total. The van der Waals surface area contributed by atoms with Gasteiger partial charge in [-0.3, -0.25) is 9.79 Å². The van der Waals surface area contributed by atoms with Crippen LogP contribution in [0.2, 0.25) is 0 Å². The van der Waals surface area contributed by atoms with Gasteiger partial charge >= 0.3 is 12.0 Å². The van der Waals surface area contributed by atoms with E-state index in [0.29, 0.717) is 32.5 Å². The van der Waals surface area contributed by atoms with E-state index in [1.54, 1.807) is 11.0 Å². The highest BCUT2D eigenvalue weighted by atomic mass is 16.4. The third-order valence-electron chi connectivity index (χ3n) is 5.73. The Balaban J connectivity index is 1.78. The molecule has 0 aromatic heterocycles. The van der Waals surface area contributed by atoms with Gasteiger partial charge in [0.2, 0.25) is 0 Å². The maximum absolute atomic E-state index is 12.4. The standard InChI is InChI=1S/C22H29N3O3/c1-3-8-24-22(28)25-10-7-17(13-21(26)27)18(14-25)12-20-19-11-15(2)4-5-16(19)6-9-23-20/h3-5,11,17-18H,1,6-10,12-14H2,2H3,(H,24,28)(H,26,27)/t17-,18-/m0/s1. The Kier molecular flexibility index (Phi) is 6.49. The fourth-order valence-electron chi connectivity index (χ4n) is 4.26. The number of hydrogen-bond donors (Lipinski definition) is 2. The van der Waals surface area contributed by atoms with E-state index in [0.717, 1.165) is 18.7 Å². The van der Waals surface area contributed by atoms with E-state index in [4.69, 9.17) is 4.99 Å². The lowest BCUT2D eigenvalue weighted by molar-refractivity contribution is -0.138. The van der Waals surface area contributed by atoms with E-state index in [1.165, 1.54) is 16.7 Å². The molecule has 2 atom stereocenters. The number of carbonyl (C=O) groups excluding carboxylic acids is 1. The lowest BCUT2D eigenvalue weighted by Crippen LogP contribution is -2.49. The Morgan fingerprint density at radius 3 is 2.96 bits per heavy atom. The van der Waals surface area contributed by atoms with Gasteiger partial charge in [-0.15, -0.1) is 6.58 Å². The molecule has 1 aromatic carbocycles. The first kappa shape index (κ1) is 20.1. The first-order valence-corrected chi connectivity index (χ1v) is 9.96. The fraction of sp³-hybridized carbons (Fsp3) is 0.500. The second-order valence-electron chi connectivity index (χ2n) is 7.77. The molecule has 2 aliphatic rings. The van der Waals surface area contributed by atoms with Crippen LogP contribution in [-0.4, -0.2) is 53.9 Å². The molecule has 0 radical (unpaired) electrons. The molecule has 28 heavy (non-hydrogen) atoms. The van der Waals surface area contributed by atoms with E-state index >= 15 is 0 Å². The molecule has 0 aliphatic carbocycles. The van der Waals surface area contributed by atoms with E-state index in [-0.39, 0.29) is 24.3 Å². The summed E-state index contributed by atoms with van der Waals surface area (Å²) in [6.45, 7) is 8.04. The van der Waals surface area contributed by atoms with Gasteiger partial charge in [-0.25, -0.2) is 4.79 Å². The lowest BCUT2D eigenvalue weighted by Gasteiger charge is -2.38. The number of aliphatic carboxylic acids is 1. The van der Waals surface area contributed by atoms with Crippen LogP contribution in [-0.2, 0) is 11.2 Å². The van der Waals surface area contributed by atoms with Gasteiger partial charge in [0.05, 0.1) is 0 Å². The van der Waals surface area contributed by atoms with Crippen molar-refractivity contribution in [3.63, 3.8) is 0 Å². The van der Waals surface area contributed by atoms with Gasteiger partial charge in [0, 0.05) is 38.3 Å². The number of rotatable bonds is 6. The first-order chi connectivity index (χ1) is 13.5. The zero-order valence-corrected chi connectivity index (χ0v) is 16.5. The molecule has 2 aliphatic heterocycles. The Morgan fingerprint density at radius 2 is 2.21 bits per heavy atom. The van der Waals surface area contributed by atoms with E-state index < -0.39 is 5.97 Å². The predicted molar refractivity (Wildman–Crippen MR) is 110 cm³/mol. The summed E-state index contributed by atoms with van der Waals surface area (Å²) in [5.41, 5.74) is 4.75. The number of likely N-dealkylation sites (tertiary alicyclic amines) is 1. The molecule has 3 rings (SSSR count). The van der Waals surface area contributed by atoms with Crippen molar-refractivity contribution in [3.8, 4) is 0 Å². The molecular formula is C22H29N3O3. The third kappa shape index (κ3) is 4.80. The molecule has 1 aromatic rings. The second-order valence-corrected chi connectivity index (χ2v) is 7.77. The van der Waals surface area contributed by atoms with Crippen LogP contribution in [0.5, 0.6) is 0 Å². The molecule has 1 saturated heterocycles. The Labute approximate surface area is 166 Å². The highest BCUT2D eigenvalue weighted by Crippen LogP contribution is 2.32. The molecule has 0 unspecified atom stereocenters. The maximum Gasteiger partial charge on any atom is 0.317 e. The number of piperidine rings is 1. The molecule has 2 heterocycles. The average Bonchev–Trinajstić information content (AvgIpc) is 2.67. The molecule has 2 amide bonds. The minimum Gasteiger partial charge on any atom is -0.481 e. The van der Waals surface area contributed by atoms with Gasteiger partial charge in [-0.1, -0.05) is 23.8 Å². The largest absolute Gasteiger partial charge is 0.481 e. The number of nitrogens with one attached hydrogen (secondary N) is 1. The van der Waals surface area contributed by atoms with Crippen molar-refractivity contribution in [2.45, 2.75) is 32.6 Å². The van der Waals surface area contributed by atoms with Crippen LogP contribution in [0.25, 0.3) is 0 Å². The SMILES string of the molecule is C=CCNC(=O)N1CC[C@@H](CC(=O)O)[C@@H](CC2=NCCc3ccc(C)cc32)C1. The number of aryl methyl sites for hydroxylation is 1. The van der Waals surface area contributed by atoms with Crippen LogP contribution >= 0.6 is 0 Å². The molecule has 0 saturated carbocycles. The number of carboxylic acids is 1. The van der Waals surface area contributed by atoms with Crippen molar-refractivity contribution in [1.82, 2.24) is 10.2 Å². The van der Waals surface area contributed by atoms with Gasteiger partial charge in [-0.2, -0.15) is 0 Å². The summed E-state index contributed by atoms with van der Waals surface area (Å²) in [5, 5.41) is 12.2. The van der Waals surface area contributed by atoms with Gasteiger partial charge in [-0.05, 0) is 55.2 Å². The van der Waals surface area contributed by atoms with Gasteiger partial charge < -0.3 is 15.3 Å². The summed E-state index contributed by atoms with van der Waals surface area (Å²) in [5.74, 6) is -0.634. The van der Waals surface area contributed by atoms with Gasteiger partial charge in [0.1, 0.15) is 0 Å². The topological polar surface area (TPSA) is 82.0 Å². The predicted octanol–water partition coefficient (Wildman–Crippen LogP) is 3.04. The second kappa shape index (κ2) is 9.04. The Hall–Kier alpha value is -2.63. The summed E-state index contributed by atoms with van der Waals surface area (Å²) in [6, 6.07) is 6.36. The Bertz CT molecular complexity index is 787. The van der Waals surface area contributed by atoms with Crippen molar-refractivity contribution in [2.75, 3.05) is 26.2 Å². The van der Waals surface area contributed by atoms with Crippen LogP contribution in [0.15, 0.2) is 35.8 Å². The van der Waals surface area contributed by atoms with Crippen molar-refractivity contribution >= 4 is 17.7 Å². The highest BCUT2D eigenvalue weighted by molar-refractivity contribution is 6.03. The maximum atomic E-state index is 12.4. The summed E-state index contributed by atoms with van der Waals surface area (Å²) < 4.78 is 0. The van der Waals surface area contributed by atoms with Crippen molar-refractivity contribution in [3.05, 3.63) is 47.5 Å². The van der Waals surface area contributed by atoms with E-state index in [9.17, 15) is 14.7 Å². The summed E-state index contributed by atoms with van der Waals surface area (Å²) in [6.07, 6.45) is 4.15. The summed E-state index contributed by atoms with van der Waals surface area (Å²) >= 11 is 0. The number of benzene rings is 1. The minimum absolute atomic E-state index is 0.0545. The molecule has 6 heteroatoms. The first-order valence-electron chi connectivity index (χ1n) is 9.96. The average molecular weight is 383 g/mol. The number of fused-ring (bicyclic) bond motifs is 1. The van der Waals surface area contributed by atoms with Crippen LogP contribution in [0, 0.1) is 18.8 Å². The van der Waals surface area contributed by atoms with Crippen LogP contribution < -0.4 is 5.32 Å². The van der Waals surface area contributed by atoms with Gasteiger partial charge in [0.25, 0.3) is 0 Å². The number of carbonyl (C=O) groups is 2. The molecule has 1 fully saturated rings. The lowest BCUT2D eigenvalue weighted by atomic mass is 9.78. The normalized spacial score (nSPS) is 21.5. The molecular weight excluding hydrogens is 354 g/mol. The van der Waals surface area contributed by atoms with Crippen molar-refractivity contribution in [1.29, 1.82) is 0 Å². The quantitative estimate of drug-likeness (QED) is 0.741.